The number of hydrogen-bond acceptors (Lipinski definition) is 1. The first-order valence-corrected chi connectivity index (χ1v) is 7.69. The molecule has 17 heavy (non-hydrogen) atoms. The van der Waals surface area contributed by atoms with Crippen LogP contribution in [0.4, 0.5) is 0 Å². The molecule has 0 aliphatic carbocycles. The number of rotatable bonds is 1. The fraction of sp³-hybridized carbons (Fsp3) is 1.00. The minimum atomic E-state index is 0.328. The van der Waals surface area contributed by atoms with Crippen LogP contribution < -0.4 is 0 Å². The first-order chi connectivity index (χ1) is 7.93. The van der Waals surface area contributed by atoms with Crippen molar-refractivity contribution in [1.29, 1.82) is 0 Å². The average molecular weight is 239 g/mol. The first kappa shape index (κ1) is 15.0. The monoisotopic (exact) mass is 239 g/mol. The quantitative estimate of drug-likeness (QED) is 0.632. The average Bonchev–Trinajstić information content (AvgIpc) is 2.23. The highest BCUT2D eigenvalue weighted by molar-refractivity contribution is 4.85. The van der Waals surface area contributed by atoms with Gasteiger partial charge in [0.15, 0.2) is 0 Å². The Bertz CT molecular complexity index is 202. The van der Waals surface area contributed by atoms with Crippen LogP contribution in [0.2, 0.25) is 0 Å². The maximum atomic E-state index is 2.78. The second-order valence-electron chi connectivity index (χ2n) is 7.09. The van der Waals surface area contributed by atoms with Crippen LogP contribution in [0, 0.1) is 5.92 Å². The minimum absolute atomic E-state index is 0.328. The zero-order valence-electron chi connectivity index (χ0n) is 12.8. The molecule has 0 saturated carbocycles. The summed E-state index contributed by atoms with van der Waals surface area (Å²) in [4.78, 5) is 2.78. The van der Waals surface area contributed by atoms with Crippen LogP contribution in [-0.2, 0) is 0 Å². The van der Waals surface area contributed by atoms with Crippen LogP contribution in [-0.4, -0.2) is 23.0 Å². The fourth-order valence-electron chi connectivity index (χ4n) is 3.19. The molecule has 1 aliphatic heterocycles. The normalized spacial score (nSPS) is 26.1. The summed E-state index contributed by atoms with van der Waals surface area (Å²) in [6, 6.07) is 0.785. The molecule has 0 bridgehead atoms. The Labute approximate surface area is 109 Å². The molecule has 102 valence electrons. The van der Waals surface area contributed by atoms with Crippen LogP contribution >= 0.6 is 0 Å². The molecule has 0 aromatic heterocycles. The van der Waals surface area contributed by atoms with Crippen molar-refractivity contribution < 1.29 is 0 Å². The summed E-state index contributed by atoms with van der Waals surface area (Å²) >= 11 is 0. The Morgan fingerprint density at radius 3 is 1.94 bits per heavy atom. The molecule has 1 aliphatic rings. The van der Waals surface area contributed by atoms with E-state index in [0.29, 0.717) is 5.54 Å². The predicted molar refractivity (Wildman–Crippen MR) is 77.4 cm³/mol. The van der Waals surface area contributed by atoms with Crippen LogP contribution in [0.1, 0.15) is 79.6 Å². The molecular formula is C16H33N. The Balaban J connectivity index is 2.73. The summed E-state index contributed by atoms with van der Waals surface area (Å²) < 4.78 is 0. The summed E-state index contributed by atoms with van der Waals surface area (Å²) in [7, 11) is 0. The van der Waals surface area contributed by atoms with E-state index in [1.165, 1.54) is 51.5 Å². The van der Waals surface area contributed by atoms with Crippen molar-refractivity contribution in [3.8, 4) is 0 Å². The second kappa shape index (κ2) is 6.78. The van der Waals surface area contributed by atoms with Gasteiger partial charge < -0.3 is 0 Å². The Kier molecular flexibility index (Phi) is 5.99. The largest absolute Gasteiger partial charge is 0.295 e. The van der Waals surface area contributed by atoms with E-state index in [1.807, 2.05) is 0 Å². The zero-order chi connectivity index (χ0) is 12.9. The third-order valence-corrected chi connectivity index (χ3v) is 4.18. The smallest absolute Gasteiger partial charge is 0.0128 e. The van der Waals surface area contributed by atoms with Crippen LogP contribution in [0.3, 0.4) is 0 Å². The van der Waals surface area contributed by atoms with Gasteiger partial charge in [-0.3, -0.25) is 4.90 Å². The molecule has 0 aromatic carbocycles. The number of nitrogens with zero attached hydrogens (tertiary/aromatic N) is 1. The van der Waals surface area contributed by atoms with Gasteiger partial charge >= 0.3 is 0 Å². The van der Waals surface area contributed by atoms with Crippen molar-refractivity contribution in [2.75, 3.05) is 6.54 Å². The number of hydrogen-bond donors (Lipinski definition) is 0. The van der Waals surface area contributed by atoms with Crippen molar-refractivity contribution in [3.63, 3.8) is 0 Å². The van der Waals surface area contributed by atoms with E-state index in [0.717, 1.165) is 12.0 Å². The first-order valence-electron chi connectivity index (χ1n) is 7.69. The third kappa shape index (κ3) is 4.99. The van der Waals surface area contributed by atoms with Gasteiger partial charge in [-0.1, -0.05) is 46.0 Å². The van der Waals surface area contributed by atoms with E-state index in [-0.39, 0.29) is 0 Å². The molecular weight excluding hydrogens is 206 g/mol. The van der Waals surface area contributed by atoms with Crippen molar-refractivity contribution in [2.45, 2.75) is 91.1 Å². The van der Waals surface area contributed by atoms with Gasteiger partial charge in [-0.05, 0) is 46.1 Å². The highest BCUT2D eigenvalue weighted by Crippen LogP contribution is 2.27. The maximum Gasteiger partial charge on any atom is 0.0128 e. The van der Waals surface area contributed by atoms with E-state index in [1.54, 1.807) is 0 Å². The minimum Gasteiger partial charge on any atom is -0.295 e. The zero-order valence-corrected chi connectivity index (χ0v) is 12.8. The van der Waals surface area contributed by atoms with Gasteiger partial charge in [0, 0.05) is 11.6 Å². The molecule has 0 radical (unpaired) electrons. The Hall–Kier alpha value is -0.0400. The van der Waals surface area contributed by atoms with Gasteiger partial charge in [-0.2, -0.15) is 0 Å². The fourth-order valence-corrected chi connectivity index (χ4v) is 3.19. The van der Waals surface area contributed by atoms with Crippen LogP contribution in [0.5, 0.6) is 0 Å². The molecule has 1 heterocycles. The Morgan fingerprint density at radius 2 is 1.41 bits per heavy atom. The molecule has 0 aromatic rings. The lowest BCUT2D eigenvalue weighted by molar-refractivity contribution is 0.0466. The SMILES string of the molecule is CC(C)C1CCCCCCCCN1C(C)(C)C. The van der Waals surface area contributed by atoms with E-state index in [9.17, 15) is 0 Å². The summed E-state index contributed by atoms with van der Waals surface area (Å²) in [5, 5.41) is 0. The highest BCUT2D eigenvalue weighted by atomic mass is 15.2. The molecule has 0 amide bonds. The van der Waals surface area contributed by atoms with Gasteiger partial charge in [0.25, 0.3) is 0 Å². The third-order valence-electron chi connectivity index (χ3n) is 4.18. The molecule has 1 unspecified atom stereocenters. The second-order valence-corrected chi connectivity index (χ2v) is 7.09. The standard InChI is InChI=1S/C16H33N/c1-14(2)15-12-10-8-6-7-9-11-13-17(15)16(3,4)5/h14-15H,6-13H2,1-5H3. The Morgan fingerprint density at radius 1 is 0.882 bits per heavy atom. The van der Waals surface area contributed by atoms with Gasteiger partial charge in [-0.15, -0.1) is 0 Å². The molecule has 1 heteroatoms. The summed E-state index contributed by atoms with van der Waals surface area (Å²) in [6.07, 6.45) is 9.99. The molecule has 1 atom stereocenters. The van der Waals surface area contributed by atoms with E-state index >= 15 is 0 Å². The van der Waals surface area contributed by atoms with Crippen molar-refractivity contribution in [2.24, 2.45) is 5.92 Å². The predicted octanol–water partition coefficient (Wildman–Crippen LogP) is 4.86. The van der Waals surface area contributed by atoms with Crippen LogP contribution in [0.15, 0.2) is 0 Å². The summed E-state index contributed by atoms with van der Waals surface area (Å²) in [5.41, 5.74) is 0.328. The van der Waals surface area contributed by atoms with E-state index < -0.39 is 0 Å². The van der Waals surface area contributed by atoms with Gasteiger partial charge in [0.05, 0.1) is 0 Å². The lowest BCUT2D eigenvalue weighted by atomic mass is 9.90. The maximum absolute atomic E-state index is 2.78. The van der Waals surface area contributed by atoms with Crippen LogP contribution in [0.25, 0.3) is 0 Å². The van der Waals surface area contributed by atoms with Gasteiger partial charge in [-0.25, -0.2) is 0 Å². The van der Waals surface area contributed by atoms with Gasteiger partial charge in [0.1, 0.15) is 0 Å². The van der Waals surface area contributed by atoms with Crippen molar-refractivity contribution in [3.05, 3.63) is 0 Å². The molecule has 0 spiro atoms. The highest BCUT2D eigenvalue weighted by Gasteiger charge is 2.30. The lowest BCUT2D eigenvalue weighted by Crippen LogP contribution is -2.50. The van der Waals surface area contributed by atoms with Crippen molar-refractivity contribution in [1.82, 2.24) is 4.90 Å². The molecule has 1 rings (SSSR count). The molecule has 1 nitrogen and oxygen atoms in total. The van der Waals surface area contributed by atoms with E-state index in [2.05, 4.69) is 39.5 Å². The molecule has 0 N–H and O–H groups in total. The van der Waals surface area contributed by atoms with Gasteiger partial charge in [0.2, 0.25) is 0 Å². The molecule has 1 saturated heterocycles. The summed E-state index contributed by atoms with van der Waals surface area (Å²) in [5.74, 6) is 0.786. The van der Waals surface area contributed by atoms with Crippen molar-refractivity contribution >= 4 is 0 Å². The molecule has 1 fully saturated rings. The topological polar surface area (TPSA) is 3.24 Å². The summed E-state index contributed by atoms with van der Waals surface area (Å²) in [6.45, 7) is 13.2. The van der Waals surface area contributed by atoms with E-state index in [4.69, 9.17) is 0 Å². The lowest BCUT2D eigenvalue weighted by Gasteiger charge is -2.44.